The number of nitrogens with zero attached hydrogens (tertiary/aromatic N) is 1. The molecule has 0 amide bonds. The standard InChI is InChI=1S/C23H52NO3Si.ClH/c1-24(2,21-18-22-28)20-17-15-13-11-9-7-5-3-4-6-8-10-12-14-16-19-23(25,26)27;/h25-27H,3-22H2,1-2,28H3;1H/q+1;/p-1. The van der Waals surface area contributed by atoms with E-state index in [4.69, 9.17) is 15.3 Å². The molecule has 6 heteroatoms. The second-order valence-electron chi connectivity index (χ2n) is 9.56. The van der Waals surface area contributed by atoms with E-state index < -0.39 is 5.97 Å². The molecule has 178 valence electrons. The highest BCUT2D eigenvalue weighted by Crippen LogP contribution is 2.15. The van der Waals surface area contributed by atoms with Gasteiger partial charge in [-0.2, -0.15) is 0 Å². The van der Waals surface area contributed by atoms with E-state index in [1.807, 2.05) is 0 Å². The third-order valence-corrected chi connectivity index (χ3v) is 6.60. The minimum absolute atomic E-state index is 0. The first kappa shape index (κ1) is 31.5. The number of halogens is 1. The molecule has 3 N–H and O–H groups in total. The lowest BCUT2D eigenvalue weighted by Crippen LogP contribution is -3.00. The van der Waals surface area contributed by atoms with E-state index in [0.717, 1.165) is 12.8 Å². The molecular weight excluding hydrogens is 402 g/mol. The van der Waals surface area contributed by atoms with Gasteiger partial charge in [0.2, 0.25) is 0 Å². The molecule has 0 saturated heterocycles. The molecule has 4 nitrogen and oxygen atoms in total. The minimum Gasteiger partial charge on any atom is -1.00 e. The predicted molar refractivity (Wildman–Crippen MR) is 124 cm³/mol. The Morgan fingerprint density at radius 2 is 0.862 bits per heavy atom. The maximum atomic E-state index is 8.80. The second-order valence-corrected chi connectivity index (χ2v) is 10.6. The van der Waals surface area contributed by atoms with Crippen LogP contribution in [0.2, 0.25) is 6.04 Å². The molecule has 0 aromatic heterocycles. The molecule has 0 atom stereocenters. The largest absolute Gasteiger partial charge is 1.00 e. The second kappa shape index (κ2) is 20.3. The molecule has 0 heterocycles. The molecule has 0 unspecified atom stereocenters. The molecule has 0 aromatic rings. The fourth-order valence-corrected chi connectivity index (χ4v) is 4.21. The maximum absolute atomic E-state index is 8.80. The van der Waals surface area contributed by atoms with Crippen LogP contribution in [-0.4, -0.2) is 63.2 Å². The van der Waals surface area contributed by atoms with E-state index in [1.165, 1.54) is 117 Å². The molecule has 0 aromatic carbocycles. The van der Waals surface area contributed by atoms with E-state index in [9.17, 15) is 0 Å². The highest BCUT2D eigenvalue weighted by molar-refractivity contribution is 6.08. The van der Waals surface area contributed by atoms with E-state index >= 15 is 0 Å². The molecule has 0 aliphatic heterocycles. The Kier molecular flexibility index (Phi) is 22.0. The Morgan fingerprint density at radius 3 is 1.21 bits per heavy atom. The zero-order chi connectivity index (χ0) is 21.1. The average molecular weight is 454 g/mol. The van der Waals surface area contributed by atoms with Crippen molar-refractivity contribution in [2.24, 2.45) is 0 Å². The topological polar surface area (TPSA) is 60.7 Å². The molecule has 0 spiro atoms. The van der Waals surface area contributed by atoms with Crippen LogP contribution in [0.3, 0.4) is 0 Å². The molecule has 29 heavy (non-hydrogen) atoms. The fraction of sp³-hybridized carbons (Fsp3) is 1.00. The molecule has 0 fully saturated rings. The number of hydrogen-bond donors (Lipinski definition) is 3. The zero-order valence-corrected chi connectivity index (χ0v) is 22.6. The fourth-order valence-electron chi connectivity index (χ4n) is 3.90. The number of hydrogen-bond acceptors (Lipinski definition) is 3. The lowest BCUT2D eigenvalue weighted by atomic mass is 10.0. The van der Waals surface area contributed by atoms with Crippen LogP contribution in [0, 0.1) is 0 Å². The number of aliphatic hydroxyl groups is 3. The Hall–Kier alpha value is 0.347. The van der Waals surface area contributed by atoms with Crippen molar-refractivity contribution in [3.05, 3.63) is 0 Å². The van der Waals surface area contributed by atoms with Crippen LogP contribution < -0.4 is 12.4 Å². The summed E-state index contributed by atoms with van der Waals surface area (Å²) in [4.78, 5) is 0. The molecule has 0 rings (SSSR count). The van der Waals surface area contributed by atoms with E-state index in [-0.39, 0.29) is 18.8 Å². The summed E-state index contributed by atoms with van der Waals surface area (Å²) < 4.78 is 1.22. The molecule has 0 saturated carbocycles. The van der Waals surface area contributed by atoms with Crippen molar-refractivity contribution in [3.8, 4) is 0 Å². The van der Waals surface area contributed by atoms with Crippen LogP contribution >= 0.6 is 0 Å². The SMILES string of the molecule is C[N+](C)(CCC[SiH3])CCCCCCCCCCCCCCCCCC(O)(O)O.[Cl-]. The molecular formula is C23H52ClNO3Si. The van der Waals surface area contributed by atoms with Crippen LogP contribution in [0.15, 0.2) is 0 Å². The molecule has 0 aliphatic carbocycles. The number of rotatable bonds is 21. The normalized spacial score (nSPS) is 12.3. The summed E-state index contributed by atoms with van der Waals surface area (Å²) in [7, 11) is 6.14. The number of quaternary nitrogens is 1. The van der Waals surface area contributed by atoms with Crippen molar-refractivity contribution in [1.29, 1.82) is 0 Å². The minimum atomic E-state index is -2.47. The van der Waals surface area contributed by atoms with Gasteiger partial charge in [-0.15, -0.1) is 0 Å². The quantitative estimate of drug-likeness (QED) is 0.106. The molecule has 0 aliphatic rings. The van der Waals surface area contributed by atoms with Gasteiger partial charge in [0.25, 0.3) is 5.97 Å². The van der Waals surface area contributed by atoms with Crippen LogP contribution in [0.4, 0.5) is 0 Å². The van der Waals surface area contributed by atoms with Crippen LogP contribution in [-0.2, 0) is 0 Å². The van der Waals surface area contributed by atoms with Gasteiger partial charge in [-0.25, -0.2) is 0 Å². The van der Waals surface area contributed by atoms with Gasteiger partial charge in [-0.3, -0.25) is 0 Å². The first-order chi connectivity index (χ1) is 13.3. The predicted octanol–water partition coefficient (Wildman–Crippen LogP) is 1.11. The van der Waals surface area contributed by atoms with Gasteiger partial charge in [0.15, 0.2) is 0 Å². The Bertz CT molecular complexity index is 339. The summed E-state index contributed by atoms with van der Waals surface area (Å²) >= 11 is 0. The lowest BCUT2D eigenvalue weighted by Gasteiger charge is -2.29. The van der Waals surface area contributed by atoms with Crippen molar-refractivity contribution >= 4 is 10.2 Å². The highest BCUT2D eigenvalue weighted by Gasteiger charge is 2.16. The lowest BCUT2D eigenvalue weighted by molar-refractivity contribution is -0.890. The summed E-state index contributed by atoms with van der Waals surface area (Å²) in [5, 5.41) is 26.4. The van der Waals surface area contributed by atoms with Gasteiger partial charge >= 0.3 is 0 Å². The third-order valence-electron chi connectivity index (χ3n) is 5.89. The monoisotopic (exact) mass is 453 g/mol. The third kappa shape index (κ3) is 26.3. The summed E-state index contributed by atoms with van der Waals surface area (Å²) in [6.45, 7) is 2.72. The first-order valence-corrected chi connectivity index (χ1v) is 13.7. The van der Waals surface area contributed by atoms with Gasteiger partial charge in [0.05, 0.1) is 27.2 Å². The Labute approximate surface area is 190 Å². The summed E-state index contributed by atoms with van der Waals surface area (Å²) in [5.41, 5.74) is 0. The van der Waals surface area contributed by atoms with E-state index in [1.54, 1.807) is 0 Å². The smallest absolute Gasteiger partial charge is 0.275 e. The van der Waals surface area contributed by atoms with Crippen molar-refractivity contribution in [2.75, 3.05) is 27.2 Å². The zero-order valence-electron chi connectivity index (χ0n) is 19.8. The van der Waals surface area contributed by atoms with Gasteiger partial charge in [0, 0.05) is 16.7 Å². The van der Waals surface area contributed by atoms with Crippen molar-refractivity contribution in [3.63, 3.8) is 0 Å². The summed E-state index contributed by atoms with van der Waals surface area (Å²) in [6.07, 6.45) is 20.7. The summed E-state index contributed by atoms with van der Waals surface area (Å²) in [5.74, 6) is -2.47. The Morgan fingerprint density at radius 1 is 0.552 bits per heavy atom. The van der Waals surface area contributed by atoms with Gasteiger partial charge in [-0.1, -0.05) is 83.1 Å². The van der Waals surface area contributed by atoms with Gasteiger partial charge < -0.3 is 32.2 Å². The van der Waals surface area contributed by atoms with Crippen LogP contribution in [0.5, 0.6) is 0 Å². The van der Waals surface area contributed by atoms with Gasteiger partial charge in [-0.05, 0) is 25.7 Å². The molecule has 0 radical (unpaired) electrons. The maximum Gasteiger partial charge on any atom is 0.275 e. The van der Waals surface area contributed by atoms with Crippen molar-refractivity contribution < 1.29 is 32.2 Å². The van der Waals surface area contributed by atoms with Crippen molar-refractivity contribution in [1.82, 2.24) is 0 Å². The highest BCUT2D eigenvalue weighted by atomic mass is 35.5. The Balaban J connectivity index is 0. The number of unbranched alkanes of at least 4 members (excludes halogenated alkanes) is 14. The van der Waals surface area contributed by atoms with Crippen LogP contribution in [0.25, 0.3) is 0 Å². The van der Waals surface area contributed by atoms with Crippen molar-refractivity contribution in [2.45, 2.75) is 121 Å². The van der Waals surface area contributed by atoms with Crippen LogP contribution in [0.1, 0.15) is 109 Å². The molecule has 0 bridgehead atoms. The van der Waals surface area contributed by atoms with Gasteiger partial charge in [0.1, 0.15) is 0 Å². The van der Waals surface area contributed by atoms with E-state index in [2.05, 4.69) is 14.1 Å². The summed E-state index contributed by atoms with van der Waals surface area (Å²) in [6, 6.07) is 1.45. The van der Waals surface area contributed by atoms with E-state index in [0.29, 0.717) is 6.42 Å². The first-order valence-electron chi connectivity index (χ1n) is 12.3. The average Bonchev–Trinajstić information content (AvgIpc) is 2.61.